The largest absolute Gasteiger partial charge is 0.491 e. The Hall–Kier alpha value is -2.71. The summed E-state index contributed by atoms with van der Waals surface area (Å²) in [5, 5.41) is 11.1. The first-order valence-electron chi connectivity index (χ1n) is 10.5. The maximum atomic E-state index is 14.8. The van der Waals surface area contributed by atoms with Gasteiger partial charge in [0.25, 0.3) is 0 Å². The van der Waals surface area contributed by atoms with Crippen molar-refractivity contribution in [3.05, 3.63) is 65.7 Å². The Morgan fingerprint density at radius 2 is 1.03 bits per heavy atom. The van der Waals surface area contributed by atoms with Crippen LogP contribution in [0.1, 0.15) is 31.4 Å². The molecule has 0 saturated carbocycles. The highest BCUT2D eigenvalue weighted by Gasteiger charge is 2.90. The molecule has 1 unspecified atom stereocenters. The average molecular weight is 574 g/mol. The molecule has 1 N–H and O–H groups in total. The van der Waals surface area contributed by atoms with Gasteiger partial charge in [0, 0.05) is 0 Å². The van der Waals surface area contributed by atoms with Gasteiger partial charge in [-0.25, -0.2) is 0 Å². The van der Waals surface area contributed by atoms with Crippen LogP contribution in [0.2, 0.25) is 0 Å². The Balaban J connectivity index is 2.64. The quantitative estimate of drug-likeness (QED) is 0.293. The molecule has 0 saturated heterocycles. The summed E-state index contributed by atoms with van der Waals surface area (Å²) in [4.78, 5) is 0. The third kappa shape index (κ3) is 5.13. The zero-order chi connectivity index (χ0) is 29.6. The Bertz CT molecular complexity index is 1080. The highest BCUT2D eigenvalue weighted by atomic mass is 19.4. The van der Waals surface area contributed by atoms with Gasteiger partial charge in [0.05, 0.1) is 12.5 Å². The van der Waals surface area contributed by atoms with E-state index in [4.69, 9.17) is 4.74 Å². The van der Waals surface area contributed by atoms with E-state index in [1.807, 2.05) is 0 Å². The van der Waals surface area contributed by atoms with Crippen LogP contribution in [0.4, 0.5) is 57.1 Å². The highest BCUT2D eigenvalue weighted by Crippen LogP contribution is 2.61. The lowest BCUT2D eigenvalue weighted by atomic mass is 9.79. The van der Waals surface area contributed by atoms with E-state index >= 15 is 0 Å². The second-order valence-electron chi connectivity index (χ2n) is 8.59. The lowest BCUT2D eigenvalue weighted by Gasteiger charge is -2.42. The minimum atomic E-state index is -8.02. The summed E-state index contributed by atoms with van der Waals surface area (Å²) in [6.45, 7) is 3.18. The maximum absolute atomic E-state index is 14.8. The number of halogens is 13. The molecule has 0 radical (unpaired) electrons. The van der Waals surface area contributed by atoms with Crippen molar-refractivity contribution in [3.63, 3.8) is 0 Å². The Morgan fingerprint density at radius 3 is 1.45 bits per heavy atom. The lowest BCUT2D eigenvalue weighted by Crippen LogP contribution is -2.70. The van der Waals surface area contributed by atoms with Gasteiger partial charge in [-0.05, 0) is 37.1 Å². The SMILES string of the molecule is CC(C)Oc1ccc(C(O)(CC(F)(F)C(F)(F)C(F)(F)C(F)(F)C(F)(F)C(F)(F)F)c2ccccc2)cc1. The third-order valence-electron chi connectivity index (χ3n) is 5.43. The minimum absolute atomic E-state index is 0.0804. The predicted octanol–water partition coefficient (Wildman–Crippen LogP) is 7.84. The van der Waals surface area contributed by atoms with Gasteiger partial charge in [-0.1, -0.05) is 42.5 Å². The standard InChI is InChI=1S/C23H19F13O2/c1-13(2)38-16-10-8-15(9-11-16)17(37,14-6-4-3-5-7-14)12-18(24,25)19(26,27)20(28,29)21(30,31)22(32,33)23(34,35)36/h3-11,13,37H,12H2,1-2H3. The zero-order valence-electron chi connectivity index (χ0n) is 19.2. The van der Waals surface area contributed by atoms with Crippen LogP contribution < -0.4 is 4.74 Å². The molecule has 0 amide bonds. The van der Waals surface area contributed by atoms with Crippen LogP contribution in [0.25, 0.3) is 0 Å². The molecule has 0 heterocycles. The maximum Gasteiger partial charge on any atom is 0.460 e. The van der Waals surface area contributed by atoms with Gasteiger partial charge in [0.15, 0.2) is 0 Å². The summed E-state index contributed by atoms with van der Waals surface area (Å²) in [7, 11) is 0. The van der Waals surface area contributed by atoms with Gasteiger partial charge in [0.2, 0.25) is 0 Å². The van der Waals surface area contributed by atoms with Gasteiger partial charge in [0.1, 0.15) is 11.4 Å². The molecule has 214 valence electrons. The third-order valence-corrected chi connectivity index (χ3v) is 5.43. The normalized spacial score (nSPS) is 15.9. The molecule has 2 aromatic carbocycles. The molecule has 0 aromatic heterocycles. The molecule has 0 fully saturated rings. The number of hydrogen-bond donors (Lipinski definition) is 1. The van der Waals surface area contributed by atoms with Crippen molar-refractivity contribution < 1.29 is 66.9 Å². The van der Waals surface area contributed by atoms with Crippen LogP contribution >= 0.6 is 0 Å². The van der Waals surface area contributed by atoms with Crippen LogP contribution in [0.3, 0.4) is 0 Å². The minimum Gasteiger partial charge on any atom is -0.491 e. The Kier molecular flexibility index (Phi) is 8.12. The van der Waals surface area contributed by atoms with Crippen LogP contribution in [0.15, 0.2) is 54.6 Å². The Morgan fingerprint density at radius 1 is 0.605 bits per heavy atom. The van der Waals surface area contributed by atoms with Gasteiger partial charge in [-0.2, -0.15) is 57.1 Å². The summed E-state index contributed by atoms with van der Waals surface area (Å²) < 4.78 is 182. The molecule has 38 heavy (non-hydrogen) atoms. The molecular formula is C23H19F13O2. The molecule has 0 spiro atoms. The molecule has 2 nitrogen and oxygen atoms in total. The molecular weight excluding hydrogens is 555 g/mol. The summed E-state index contributed by atoms with van der Waals surface area (Å²) in [6, 6.07) is 9.03. The van der Waals surface area contributed by atoms with Crippen LogP contribution in [-0.4, -0.2) is 47.0 Å². The van der Waals surface area contributed by atoms with E-state index < -0.39 is 65.0 Å². The smallest absolute Gasteiger partial charge is 0.460 e. The number of benzene rings is 2. The first-order chi connectivity index (χ1) is 17.0. The summed E-state index contributed by atoms with van der Waals surface area (Å²) >= 11 is 0. The van der Waals surface area contributed by atoms with E-state index in [-0.39, 0.29) is 5.75 Å². The van der Waals surface area contributed by atoms with E-state index in [1.54, 1.807) is 13.8 Å². The topological polar surface area (TPSA) is 29.5 Å². The van der Waals surface area contributed by atoms with Gasteiger partial charge in [-0.3, -0.25) is 0 Å². The van der Waals surface area contributed by atoms with Crippen molar-refractivity contribution in [1.29, 1.82) is 0 Å². The fraction of sp³-hybridized carbons (Fsp3) is 0.478. The Labute approximate surface area is 207 Å². The highest BCUT2D eigenvalue weighted by molar-refractivity contribution is 5.39. The predicted molar refractivity (Wildman–Crippen MR) is 107 cm³/mol. The van der Waals surface area contributed by atoms with Crippen molar-refractivity contribution in [1.82, 2.24) is 0 Å². The van der Waals surface area contributed by atoms with Gasteiger partial charge >= 0.3 is 35.8 Å². The number of aliphatic hydroxyl groups is 1. The molecule has 15 heteroatoms. The number of rotatable bonds is 10. The molecule has 2 rings (SSSR count). The fourth-order valence-electron chi connectivity index (χ4n) is 3.40. The van der Waals surface area contributed by atoms with Crippen LogP contribution in [-0.2, 0) is 5.60 Å². The summed E-state index contributed by atoms with van der Waals surface area (Å²) in [5.41, 5.74) is -4.68. The van der Waals surface area contributed by atoms with E-state index in [9.17, 15) is 62.2 Å². The van der Waals surface area contributed by atoms with Crippen LogP contribution in [0.5, 0.6) is 5.75 Å². The van der Waals surface area contributed by atoms with Crippen molar-refractivity contribution >= 4 is 0 Å². The lowest BCUT2D eigenvalue weighted by molar-refractivity contribution is -0.441. The molecule has 0 aliphatic carbocycles. The van der Waals surface area contributed by atoms with Gasteiger partial charge in [-0.15, -0.1) is 0 Å². The first kappa shape index (κ1) is 31.5. The molecule has 0 aliphatic heterocycles. The van der Waals surface area contributed by atoms with Crippen molar-refractivity contribution in [3.8, 4) is 5.75 Å². The van der Waals surface area contributed by atoms with E-state index in [0.29, 0.717) is 0 Å². The molecule has 2 aromatic rings. The number of alkyl halides is 13. The van der Waals surface area contributed by atoms with E-state index in [0.717, 1.165) is 48.5 Å². The average Bonchev–Trinajstić information content (AvgIpc) is 2.78. The fourth-order valence-corrected chi connectivity index (χ4v) is 3.40. The van der Waals surface area contributed by atoms with E-state index in [1.165, 1.54) is 6.07 Å². The summed E-state index contributed by atoms with van der Waals surface area (Å²) in [5.74, 6) is -37.7. The second-order valence-corrected chi connectivity index (χ2v) is 8.59. The monoisotopic (exact) mass is 574 g/mol. The molecule has 0 aliphatic rings. The number of hydrogen-bond acceptors (Lipinski definition) is 2. The van der Waals surface area contributed by atoms with Crippen LogP contribution in [0, 0.1) is 0 Å². The van der Waals surface area contributed by atoms with Crippen molar-refractivity contribution in [2.24, 2.45) is 0 Å². The van der Waals surface area contributed by atoms with E-state index in [2.05, 4.69) is 0 Å². The zero-order valence-corrected chi connectivity index (χ0v) is 19.2. The number of ether oxygens (including phenoxy) is 1. The summed E-state index contributed by atoms with van der Waals surface area (Å²) in [6.07, 6.45) is -10.7. The van der Waals surface area contributed by atoms with Gasteiger partial charge < -0.3 is 9.84 Å². The van der Waals surface area contributed by atoms with Crippen molar-refractivity contribution in [2.45, 2.75) is 67.8 Å². The second kappa shape index (κ2) is 9.79. The first-order valence-corrected chi connectivity index (χ1v) is 10.5. The molecule has 1 atom stereocenters. The van der Waals surface area contributed by atoms with Crippen molar-refractivity contribution in [2.75, 3.05) is 0 Å². The molecule has 0 bridgehead atoms.